The number of carboxylic acid groups (broad SMARTS) is 1. The number of nitrogens with one attached hydrogen (secondary N) is 1. The zero-order valence-corrected chi connectivity index (χ0v) is 12.2. The molecule has 0 spiro atoms. The number of carbonyl (C=O) groups is 1. The van der Waals surface area contributed by atoms with E-state index in [0.717, 1.165) is 18.9 Å². The quantitative estimate of drug-likeness (QED) is 0.583. The van der Waals surface area contributed by atoms with Crippen LogP contribution < -0.4 is 10.5 Å². The van der Waals surface area contributed by atoms with Crippen LogP contribution in [0.5, 0.6) is 0 Å². The molecule has 7 nitrogen and oxygen atoms in total. The van der Waals surface area contributed by atoms with E-state index in [1.54, 1.807) is 0 Å². The van der Waals surface area contributed by atoms with Gasteiger partial charge in [0.2, 0.25) is 10.0 Å². The third kappa shape index (κ3) is 3.72. The fourth-order valence-electron chi connectivity index (χ4n) is 2.24. The first-order chi connectivity index (χ1) is 9.77. The average Bonchev–Trinajstić information content (AvgIpc) is 3.15. The molecule has 8 heteroatoms. The number of hydrogen-bond donors (Lipinski definition) is 4. The van der Waals surface area contributed by atoms with Gasteiger partial charge in [-0.25, -0.2) is 18.4 Å². The van der Waals surface area contributed by atoms with Crippen molar-refractivity contribution in [3.8, 4) is 0 Å². The summed E-state index contributed by atoms with van der Waals surface area (Å²) in [5, 5.41) is 26.2. The highest BCUT2D eigenvalue weighted by Crippen LogP contribution is 2.48. The smallest absolute Gasteiger partial charge is 0.337 e. The van der Waals surface area contributed by atoms with Gasteiger partial charge in [-0.15, -0.1) is 0 Å². The average molecular weight is 314 g/mol. The van der Waals surface area contributed by atoms with Crippen molar-refractivity contribution in [1.29, 1.82) is 0 Å². The number of anilines is 1. The number of aromatic carboxylic acids is 1. The van der Waals surface area contributed by atoms with Gasteiger partial charge in [-0.1, -0.05) is 0 Å². The number of sulfonamides is 1. The Balaban J connectivity index is 2.21. The first-order valence-electron chi connectivity index (χ1n) is 6.52. The topological polar surface area (TPSA) is 130 Å². The highest BCUT2D eigenvalue weighted by atomic mass is 32.2. The van der Waals surface area contributed by atoms with Gasteiger partial charge in [0.15, 0.2) is 0 Å². The predicted octanol–water partition coefficient (Wildman–Crippen LogP) is 0.607. The molecule has 0 atom stereocenters. The molecule has 1 aliphatic rings. The molecule has 1 aromatic rings. The van der Waals surface area contributed by atoms with Crippen LogP contribution in [-0.4, -0.2) is 37.8 Å². The van der Waals surface area contributed by atoms with E-state index < -0.39 is 16.0 Å². The lowest BCUT2D eigenvalue weighted by Crippen LogP contribution is -2.19. The monoisotopic (exact) mass is 314 g/mol. The molecule has 0 aromatic heterocycles. The van der Waals surface area contributed by atoms with Crippen LogP contribution >= 0.6 is 0 Å². The lowest BCUT2D eigenvalue weighted by molar-refractivity contribution is 0.0697. The van der Waals surface area contributed by atoms with Gasteiger partial charge in [0, 0.05) is 18.8 Å². The molecule has 5 N–H and O–H groups in total. The number of rotatable bonds is 7. The van der Waals surface area contributed by atoms with Gasteiger partial charge >= 0.3 is 5.97 Å². The summed E-state index contributed by atoms with van der Waals surface area (Å²) in [4.78, 5) is 11.0. The number of aliphatic hydroxyl groups is 1. The Bertz CT molecular complexity index is 653. The van der Waals surface area contributed by atoms with Crippen LogP contribution in [0.3, 0.4) is 0 Å². The van der Waals surface area contributed by atoms with Crippen molar-refractivity contribution in [3.05, 3.63) is 23.8 Å². The zero-order valence-electron chi connectivity index (χ0n) is 11.4. The molecule has 0 bridgehead atoms. The second kappa shape index (κ2) is 5.63. The van der Waals surface area contributed by atoms with E-state index in [-0.39, 0.29) is 22.5 Å². The summed E-state index contributed by atoms with van der Waals surface area (Å²) in [5.41, 5.74) is 0.226. The fourth-order valence-corrected chi connectivity index (χ4v) is 2.78. The van der Waals surface area contributed by atoms with E-state index in [9.17, 15) is 18.3 Å². The molecule has 1 aliphatic carbocycles. The number of primary sulfonamides is 1. The van der Waals surface area contributed by atoms with E-state index in [1.807, 2.05) is 0 Å². The molecule has 116 valence electrons. The predicted molar refractivity (Wildman–Crippen MR) is 76.6 cm³/mol. The van der Waals surface area contributed by atoms with E-state index >= 15 is 0 Å². The second-order valence-corrected chi connectivity index (χ2v) is 6.95. The minimum Gasteiger partial charge on any atom is -0.478 e. The Labute approximate surface area is 122 Å². The van der Waals surface area contributed by atoms with Crippen LogP contribution in [0.4, 0.5) is 5.69 Å². The Hall–Kier alpha value is -1.64. The van der Waals surface area contributed by atoms with Gasteiger partial charge < -0.3 is 15.5 Å². The summed E-state index contributed by atoms with van der Waals surface area (Å²) in [5.74, 6) is -1.23. The van der Waals surface area contributed by atoms with Crippen molar-refractivity contribution in [2.45, 2.75) is 24.2 Å². The highest BCUT2D eigenvalue weighted by Gasteiger charge is 2.41. The molecular weight excluding hydrogens is 296 g/mol. The molecule has 0 heterocycles. The number of hydrogen-bond acceptors (Lipinski definition) is 5. The molecule has 21 heavy (non-hydrogen) atoms. The maximum atomic E-state index is 11.3. The maximum Gasteiger partial charge on any atom is 0.337 e. The van der Waals surface area contributed by atoms with Crippen LogP contribution in [-0.2, 0) is 10.0 Å². The fraction of sp³-hybridized carbons (Fsp3) is 0.462. The third-order valence-corrected chi connectivity index (χ3v) is 4.71. The van der Waals surface area contributed by atoms with Gasteiger partial charge in [0.05, 0.1) is 10.5 Å². The van der Waals surface area contributed by atoms with Crippen LogP contribution in [0, 0.1) is 5.41 Å². The largest absolute Gasteiger partial charge is 0.478 e. The van der Waals surface area contributed by atoms with E-state index in [4.69, 9.17) is 10.2 Å². The van der Waals surface area contributed by atoms with Gasteiger partial charge in [-0.05, 0) is 42.9 Å². The SMILES string of the molecule is NS(=O)(=O)c1ccc(NCC2(CCO)CC2)c(C(=O)O)c1. The summed E-state index contributed by atoms with van der Waals surface area (Å²) in [7, 11) is -3.94. The Kier molecular flexibility index (Phi) is 4.22. The maximum absolute atomic E-state index is 11.3. The summed E-state index contributed by atoms with van der Waals surface area (Å²) in [6, 6.07) is 3.72. The first kappa shape index (κ1) is 15.7. The Morgan fingerprint density at radius 3 is 2.52 bits per heavy atom. The van der Waals surface area contributed by atoms with E-state index in [0.29, 0.717) is 18.7 Å². The van der Waals surface area contributed by atoms with Gasteiger partial charge in [-0.3, -0.25) is 0 Å². The summed E-state index contributed by atoms with van der Waals surface area (Å²) in [6.45, 7) is 0.639. The van der Waals surface area contributed by atoms with Crippen molar-refractivity contribution >= 4 is 21.7 Å². The summed E-state index contributed by atoms with van der Waals surface area (Å²) in [6.07, 6.45) is 2.63. The standard InChI is InChI=1S/C13H18N2O5S/c14-21(19,20)9-1-2-11(10(7-9)12(17)18)15-8-13(3-4-13)5-6-16/h1-2,7,15-16H,3-6,8H2,(H,17,18)(H2,14,19,20). The van der Waals surface area contributed by atoms with Gasteiger partial charge in [-0.2, -0.15) is 0 Å². The molecule has 1 aromatic carbocycles. The van der Waals surface area contributed by atoms with Gasteiger partial charge in [0.1, 0.15) is 0 Å². The van der Waals surface area contributed by atoms with E-state index in [2.05, 4.69) is 5.32 Å². The number of benzene rings is 1. The lowest BCUT2D eigenvalue weighted by atomic mass is 10.0. The lowest BCUT2D eigenvalue weighted by Gasteiger charge is -2.17. The molecule has 0 amide bonds. The molecule has 2 rings (SSSR count). The molecule has 1 saturated carbocycles. The summed E-state index contributed by atoms with van der Waals surface area (Å²) < 4.78 is 22.5. The number of carboxylic acids is 1. The van der Waals surface area contributed by atoms with Gasteiger partial charge in [0.25, 0.3) is 0 Å². The number of nitrogens with two attached hydrogens (primary N) is 1. The minimum atomic E-state index is -3.94. The van der Waals surface area contributed by atoms with Crippen molar-refractivity contribution in [3.63, 3.8) is 0 Å². The molecule has 1 fully saturated rings. The molecule has 0 radical (unpaired) electrons. The van der Waals surface area contributed by atoms with Crippen molar-refractivity contribution in [2.24, 2.45) is 10.6 Å². The Morgan fingerprint density at radius 2 is 2.05 bits per heavy atom. The van der Waals surface area contributed by atoms with Crippen LogP contribution in [0.15, 0.2) is 23.1 Å². The Morgan fingerprint density at radius 1 is 1.38 bits per heavy atom. The molecule has 0 saturated heterocycles. The highest BCUT2D eigenvalue weighted by molar-refractivity contribution is 7.89. The zero-order chi connectivity index (χ0) is 15.7. The molecule has 0 unspecified atom stereocenters. The summed E-state index contributed by atoms with van der Waals surface area (Å²) >= 11 is 0. The van der Waals surface area contributed by atoms with Crippen LogP contribution in [0.25, 0.3) is 0 Å². The van der Waals surface area contributed by atoms with Crippen LogP contribution in [0.1, 0.15) is 29.6 Å². The molecular formula is C13H18N2O5S. The van der Waals surface area contributed by atoms with Crippen molar-refractivity contribution in [2.75, 3.05) is 18.5 Å². The second-order valence-electron chi connectivity index (χ2n) is 5.38. The third-order valence-electron chi connectivity index (χ3n) is 3.80. The molecule has 0 aliphatic heterocycles. The van der Waals surface area contributed by atoms with Crippen LogP contribution in [0.2, 0.25) is 0 Å². The minimum absolute atomic E-state index is 0.0170. The number of aliphatic hydroxyl groups excluding tert-OH is 1. The normalized spacial score (nSPS) is 16.5. The van der Waals surface area contributed by atoms with E-state index in [1.165, 1.54) is 12.1 Å². The first-order valence-corrected chi connectivity index (χ1v) is 8.07. The van der Waals surface area contributed by atoms with Crippen molar-refractivity contribution < 1.29 is 23.4 Å². The van der Waals surface area contributed by atoms with Crippen molar-refractivity contribution in [1.82, 2.24) is 0 Å².